The van der Waals surface area contributed by atoms with E-state index in [4.69, 9.17) is 0 Å². The number of aryl methyl sites for hydroxylation is 1. The number of hydrogen-bond donors (Lipinski definition) is 1. The number of aromatic nitrogens is 2. The second-order valence-electron chi connectivity index (χ2n) is 6.18. The standard InChI is InChI=1S/C17H21N3O3S/c1-3-16-15(17(21)19-13-8-9-24(22,23)11-13)10-18-20(16)14-6-4-12(2)5-7-14/h4-7,10,13H,3,8-9,11H2,1-2H3,(H,19,21)/t13-/m1/s1. The van der Waals surface area contributed by atoms with Gasteiger partial charge in [0.15, 0.2) is 9.84 Å². The molecule has 2 aromatic rings. The fraction of sp³-hybridized carbons (Fsp3) is 0.412. The second-order valence-corrected chi connectivity index (χ2v) is 8.41. The van der Waals surface area contributed by atoms with Crippen molar-refractivity contribution in [3.8, 4) is 5.69 Å². The number of sulfone groups is 1. The number of nitrogens with one attached hydrogen (secondary N) is 1. The number of carbonyl (C=O) groups is 1. The highest BCUT2D eigenvalue weighted by Gasteiger charge is 2.30. The molecule has 3 rings (SSSR count). The van der Waals surface area contributed by atoms with Gasteiger partial charge in [-0.05, 0) is 31.9 Å². The fourth-order valence-corrected chi connectivity index (χ4v) is 4.66. The van der Waals surface area contributed by atoms with Crippen molar-refractivity contribution in [3.63, 3.8) is 0 Å². The van der Waals surface area contributed by atoms with Crippen molar-refractivity contribution < 1.29 is 13.2 Å². The quantitative estimate of drug-likeness (QED) is 0.912. The molecule has 1 aromatic carbocycles. The molecule has 0 unspecified atom stereocenters. The number of hydrogen-bond acceptors (Lipinski definition) is 4. The number of carbonyl (C=O) groups excluding carboxylic acids is 1. The number of rotatable bonds is 4. The van der Waals surface area contributed by atoms with Gasteiger partial charge in [-0.3, -0.25) is 4.79 Å². The van der Waals surface area contributed by atoms with Gasteiger partial charge in [-0.1, -0.05) is 24.6 Å². The van der Waals surface area contributed by atoms with Crippen LogP contribution in [0.4, 0.5) is 0 Å². The summed E-state index contributed by atoms with van der Waals surface area (Å²) in [5, 5.41) is 7.18. The Balaban J connectivity index is 1.84. The maximum Gasteiger partial charge on any atom is 0.255 e. The molecule has 1 aromatic heterocycles. The number of nitrogens with zero attached hydrogens (tertiary/aromatic N) is 2. The Morgan fingerprint density at radius 1 is 1.33 bits per heavy atom. The summed E-state index contributed by atoms with van der Waals surface area (Å²) >= 11 is 0. The van der Waals surface area contributed by atoms with Gasteiger partial charge < -0.3 is 5.32 Å². The first-order chi connectivity index (χ1) is 11.4. The van der Waals surface area contributed by atoms with Crippen LogP contribution in [0.5, 0.6) is 0 Å². The summed E-state index contributed by atoms with van der Waals surface area (Å²) in [6.45, 7) is 3.99. The first-order valence-electron chi connectivity index (χ1n) is 8.05. The van der Waals surface area contributed by atoms with Crippen LogP contribution in [0.3, 0.4) is 0 Å². The lowest BCUT2D eigenvalue weighted by Gasteiger charge is -2.12. The lowest BCUT2D eigenvalue weighted by Crippen LogP contribution is -2.35. The maximum absolute atomic E-state index is 12.5. The van der Waals surface area contributed by atoms with E-state index in [1.807, 2.05) is 38.1 Å². The first-order valence-corrected chi connectivity index (χ1v) is 9.87. The van der Waals surface area contributed by atoms with Crippen LogP contribution < -0.4 is 5.32 Å². The minimum absolute atomic E-state index is 0.0201. The second kappa shape index (κ2) is 6.39. The Labute approximate surface area is 141 Å². The van der Waals surface area contributed by atoms with Crippen molar-refractivity contribution in [1.82, 2.24) is 15.1 Å². The summed E-state index contributed by atoms with van der Waals surface area (Å²) in [5.74, 6) is -0.0969. The molecule has 0 saturated carbocycles. The van der Waals surface area contributed by atoms with Crippen LogP contribution >= 0.6 is 0 Å². The van der Waals surface area contributed by atoms with Crippen molar-refractivity contribution in [1.29, 1.82) is 0 Å². The Morgan fingerprint density at radius 3 is 2.62 bits per heavy atom. The summed E-state index contributed by atoms with van der Waals surface area (Å²) in [4.78, 5) is 12.5. The van der Waals surface area contributed by atoms with Crippen LogP contribution in [0.1, 0.15) is 35.0 Å². The maximum atomic E-state index is 12.5. The molecule has 0 aliphatic carbocycles. The summed E-state index contributed by atoms with van der Waals surface area (Å²) in [5.41, 5.74) is 3.38. The average Bonchev–Trinajstić information content (AvgIpc) is 3.11. The van der Waals surface area contributed by atoms with Gasteiger partial charge in [-0.25, -0.2) is 13.1 Å². The molecule has 0 bridgehead atoms. The largest absolute Gasteiger partial charge is 0.348 e. The Kier molecular flexibility index (Phi) is 4.45. The van der Waals surface area contributed by atoms with E-state index < -0.39 is 9.84 Å². The lowest BCUT2D eigenvalue weighted by molar-refractivity contribution is 0.0940. The van der Waals surface area contributed by atoms with E-state index in [0.717, 1.165) is 16.9 Å². The SMILES string of the molecule is CCc1c(C(=O)N[C@@H]2CCS(=O)(=O)C2)cnn1-c1ccc(C)cc1. The Hall–Kier alpha value is -2.15. The van der Waals surface area contributed by atoms with Crippen molar-refractivity contribution >= 4 is 15.7 Å². The minimum Gasteiger partial charge on any atom is -0.348 e. The van der Waals surface area contributed by atoms with Crippen LogP contribution in [0.25, 0.3) is 5.69 Å². The van der Waals surface area contributed by atoms with E-state index in [1.165, 1.54) is 0 Å². The molecule has 1 N–H and O–H groups in total. The molecule has 24 heavy (non-hydrogen) atoms. The van der Waals surface area contributed by atoms with Gasteiger partial charge in [-0.2, -0.15) is 5.10 Å². The first kappa shape index (κ1) is 16.7. The Bertz CT molecular complexity index is 854. The molecular weight excluding hydrogens is 326 g/mol. The van der Waals surface area contributed by atoms with E-state index in [2.05, 4.69) is 10.4 Å². The van der Waals surface area contributed by atoms with Gasteiger partial charge in [-0.15, -0.1) is 0 Å². The fourth-order valence-electron chi connectivity index (χ4n) is 2.98. The third-order valence-corrected chi connectivity index (χ3v) is 6.06. The van der Waals surface area contributed by atoms with Crippen molar-refractivity contribution in [2.24, 2.45) is 0 Å². The molecule has 6 nitrogen and oxygen atoms in total. The normalized spacial score (nSPS) is 19.3. The molecule has 1 aliphatic heterocycles. The molecule has 1 amide bonds. The number of amides is 1. The molecular formula is C17H21N3O3S. The topological polar surface area (TPSA) is 81.1 Å². The lowest BCUT2D eigenvalue weighted by atomic mass is 10.1. The van der Waals surface area contributed by atoms with Gasteiger partial charge in [0.1, 0.15) is 0 Å². The van der Waals surface area contributed by atoms with Gasteiger partial charge in [0.2, 0.25) is 0 Å². The minimum atomic E-state index is -3.02. The zero-order valence-corrected chi connectivity index (χ0v) is 14.6. The monoisotopic (exact) mass is 347 g/mol. The summed E-state index contributed by atoms with van der Waals surface area (Å²) < 4.78 is 24.8. The van der Waals surface area contributed by atoms with Gasteiger partial charge in [0.25, 0.3) is 5.91 Å². The molecule has 1 atom stereocenters. The molecule has 0 radical (unpaired) electrons. The number of benzene rings is 1. The summed E-state index contributed by atoms with van der Waals surface area (Å²) in [6, 6.07) is 7.62. The summed E-state index contributed by atoms with van der Waals surface area (Å²) in [7, 11) is -3.02. The van der Waals surface area contributed by atoms with Crippen LogP contribution in [0.2, 0.25) is 0 Å². The average molecular weight is 347 g/mol. The highest BCUT2D eigenvalue weighted by atomic mass is 32.2. The van der Waals surface area contributed by atoms with Crippen LogP contribution in [0.15, 0.2) is 30.5 Å². The molecule has 128 valence electrons. The predicted octanol–water partition coefficient (Wildman–Crippen LogP) is 1.66. The smallest absolute Gasteiger partial charge is 0.255 e. The highest BCUT2D eigenvalue weighted by Crippen LogP contribution is 2.18. The molecule has 1 fully saturated rings. The molecule has 2 heterocycles. The van der Waals surface area contributed by atoms with E-state index in [-0.39, 0.29) is 23.5 Å². The van der Waals surface area contributed by atoms with Crippen molar-refractivity contribution in [2.75, 3.05) is 11.5 Å². The van der Waals surface area contributed by atoms with E-state index in [9.17, 15) is 13.2 Å². The summed E-state index contributed by atoms with van der Waals surface area (Å²) in [6.07, 6.45) is 2.68. The molecule has 0 spiro atoms. The van der Waals surface area contributed by atoms with Crippen molar-refractivity contribution in [2.45, 2.75) is 32.7 Å². The van der Waals surface area contributed by atoms with Crippen LogP contribution in [-0.4, -0.2) is 41.7 Å². The van der Waals surface area contributed by atoms with Crippen LogP contribution in [0, 0.1) is 6.92 Å². The van der Waals surface area contributed by atoms with Gasteiger partial charge in [0.05, 0.1) is 34.6 Å². The molecule has 1 aliphatic rings. The van der Waals surface area contributed by atoms with Gasteiger partial charge in [0, 0.05) is 6.04 Å². The van der Waals surface area contributed by atoms with Crippen molar-refractivity contribution in [3.05, 3.63) is 47.3 Å². The molecule has 1 saturated heterocycles. The third-order valence-electron chi connectivity index (χ3n) is 4.29. The van der Waals surface area contributed by atoms with Gasteiger partial charge >= 0.3 is 0 Å². The predicted molar refractivity (Wildman–Crippen MR) is 92.2 cm³/mol. The molecule has 7 heteroatoms. The zero-order chi connectivity index (χ0) is 17.3. The zero-order valence-electron chi connectivity index (χ0n) is 13.8. The highest BCUT2D eigenvalue weighted by molar-refractivity contribution is 7.91. The third kappa shape index (κ3) is 3.36. The van der Waals surface area contributed by atoms with E-state index in [0.29, 0.717) is 18.4 Å². The van der Waals surface area contributed by atoms with E-state index in [1.54, 1.807) is 10.9 Å². The van der Waals surface area contributed by atoms with Crippen LogP contribution in [-0.2, 0) is 16.3 Å². The van der Waals surface area contributed by atoms with E-state index >= 15 is 0 Å². The Morgan fingerprint density at radius 2 is 2.04 bits per heavy atom.